The van der Waals surface area contributed by atoms with Crippen molar-refractivity contribution in [2.75, 3.05) is 42.8 Å². The number of nitrogens with one attached hydrogen (secondary N) is 1. The first kappa shape index (κ1) is 11.9. The Morgan fingerprint density at radius 3 is 2.88 bits per heavy atom. The van der Waals surface area contributed by atoms with Gasteiger partial charge in [0.25, 0.3) is 0 Å². The molecule has 1 saturated heterocycles. The molecule has 0 aromatic carbocycles. The van der Waals surface area contributed by atoms with E-state index in [0.29, 0.717) is 13.2 Å². The summed E-state index contributed by atoms with van der Waals surface area (Å²) in [4.78, 5) is 10.6. The van der Waals surface area contributed by atoms with Crippen LogP contribution in [0.15, 0.2) is 6.07 Å². The van der Waals surface area contributed by atoms with Gasteiger partial charge in [-0.2, -0.15) is 9.97 Å². The molecule has 0 amide bonds. The number of aromatic nitrogens is 2. The van der Waals surface area contributed by atoms with Crippen LogP contribution in [0.1, 0.15) is 13.8 Å². The Labute approximate surface area is 101 Å². The molecule has 17 heavy (non-hydrogen) atoms. The standard InChI is InChI=1S/C11H19N5O/c1-11(2)7-17-5-4-16(11)9-6-8(13-3)14-10(12)15-9/h6H,4-5,7H2,1-3H3,(H3,12,13,14,15). The van der Waals surface area contributed by atoms with Crippen LogP contribution in [0.2, 0.25) is 0 Å². The molecule has 6 heteroatoms. The molecule has 1 aliphatic heterocycles. The molecule has 2 rings (SSSR count). The molecule has 0 bridgehead atoms. The summed E-state index contributed by atoms with van der Waals surface area (Å²) in [6.07, 6.45) is 0. The van der Waals surface area contributed by atoms with E-state index in [0.717, 1.165) is 18.2 Å². The molecule has 6 nitrogen and oxygen atoms in total. The average molecular weight is 237 g/mol. The maximum Gasteiger partial charge on any atom is 0.223 e. The Balaban J connectivity index is 2.35. The lowest BCUT2D eigenvalue weighted by Gasteiger charge is -2.43. The Morgan fingerprint density at radius 1 is 1.47 bits per heavy atom. The van der Waals surface area contributed by atoms with Crippen LogP contribution < -0.4 is 16.0 Å². The minimum Gasteiger partial charge on any atom is -0.377 e. The van der Waals surface area contributed by atoms with Crippen molar-refractivity contribution in [1.82, 2.24) is 9.97 Å². The Morgan fingerprint density at radius 2 is 2.24 bits per heavy atom. The van der Waals surface area contributed by atoms with Gasteiger partial charge in [0.15, 0.2) is 0 Å². The topological polar surface area (TPSA) is 76.3 Å². The van der Waals surface area contributed by atoms with E-state index >= 15 is 0 Å². The molecule has 0 aliphatic carbocycles. The molecule has 3 N–H and O–H groups in total. The van der Waals surface area contributed by atoms with Crippen LogP contribution in [0.5, 0.6) is 0 Å². The number of hydrogen-bond donors (Lipinski definition) is 2. The van der Waals surface area contributed by atoms with E-state index in [1.165, 1.54) is 0 Å². The smallest absolute Gasteiger partial charge is 0.223 e. The van der Waals surface area contributed by atoms with Crippen molar-refractivity contribution in [3.63, 3.8) is 0 Å². The minimum atomic E-state index is -0.0793. The zero-order valence-corrected chi connectivity index (χ0v) is 10.5. The summed E-state index contributed by atoms with van der Waals surface area (Å²) >= 11 is 0. The molecule has 0 spiro atoms. The second-order valence-electron chi connectivity index (χ2n) is 4.74. The second-order valence-corrected chi connectivity index (χ2v) is 4.74. The fourth-order valence-electron chi connectivity index (χ4n) is 2.00. The van der Waals surface area contributed by atoms with Gasteiger partial charge in [-0.1, -0.05) is 0 Å². The molecule has 0 unspecified atom stereocenters. The van der Waals surface area contributed by atoms with Gasteiger partial charge in [-0.25, -0.2) is 0 Å². The van der Waals surface area contributed by atoms with E-state index in [-0.39, 0.29) is 11.5 Å². The van der Waals surface area contributed by atoms with Crippen molar-refractivity contribution in [2.45, 2.75) is 19.4 Å². The first-order valence-electron chi connectivity index (χ1n) is 5.70. The van der Waals surface area contributed by atoms with Crippen molar-refractivity contribution in [3.05, 3.63) is 6.07 Å². The third kappa shape index (κ3) is 2.41. The number of rotatable bonds is 2. The summed E-state index contributed by atoms with van der Waals surface area (Å²) in [7, 11) is 1.82. The first-order chi connectivity index (χ1) is 8.03. The fraction of sp³-hybridized carbons (Fsp3) is 0.636. The van der Waals surface area contributed by atoms with Crippen LogP contribution in [-0.2, 0) is 4.74 Å². The van der Waals surface area contributed by atoms with Gasteiger partial charge < -0.3 is 20.7 Å². The maximum absolute atomic E-state index is 5.71. The van der Waals surface area contributed by atoms with Gasteiger partial charge in [0.1, 0.15) is 11.6 Å². The summed E-state index contributed by atoms with van der Waals surface area (Å²) in [6.45, 7) is 6.47. The van der Waals surface area contributed by atoms with E-state index in [4.69, 9.17) is 10.5 Å². The molecular formula is C11H19N5O. The van der Waals surface area contributed by atoms with Crippen molar-refractivity contribution in [3.8, 4) is 0 Å². The lowest BCUT2D eigenvalue weighted by molar-refractivity contribution is 0.0639. The molecule has 0 saturated carbocycles. The number of nitrogens with zero attached hydrogens (tertiary/aromatic N) is 3. The molecule has 0 atom stereocenters. The number of nitrogens with two attached hydrogens (primary N) is 1. The monoisotopic (exact) mass is 237 g/mol. The molecule has 1 aromatic rings. The van der Waals surface area contributed by atoms with Gasteiger partial charge in [-0.15, -0.1) is 0 Å². The van der Waals surface area contributed by atoms with Crippen LogP contribution in [0.25, 0.3) is 0 Å². The van der Waals surface area contributed by atoms with E-state index in [9.17, 15) is 0 Å². The average Bonchev–Trinajstić information content (AvgIpc) is 2.27. The Bertz CT molecular complexity index is 407. The van der Waals surface area contributed by atoms with Crippen molar-refractivity contribution < 1.29 is 4.74 Å². The summed E-state index contributed by atoms with van der Waals surface area (Å²) < 4.78 is 5.49. The second kappa shape index (κ2) is 4.37. The summed E-state index contributed by atoms with van der Waals surface area (Å²) in [6, 6.07) is 1.91. The summed E-state index contributed by atoms with van der Waals surface area (Å²) in [5.41, 5.74) is 5.63. The predicted molar refractivity (Wildman–Crippen MR) is 68.2 cm³/mol. The van der Waals surface area contributed by atoms with Crippen LogP contribution in [0.4, 0.5) is 17.6 Å². The third-order valence-corrected chi connectivity index (χ3v) is 2.91. The number of ether oxygens (including phenoxy) is 1. The quantitative estimate of drug-likeness (QED) is 0.789. The lowest BCUT2D eigenvalue weighted by Crippen LogP contribution is -2.53. The molecule has 94 valence electrons. The lowest BCUT2D eigenvalue weighted by atomic mass is 10.0. The normalized spacial score (nSPS) is 19.1. The first-order valence-corrected chi connectivity index (χ1v) is 5.70. The van der Waals surface area contributed by atoms with E-state index in [1.54, 1.807) is 0 Å². The maximum atomic E-state index is 5.71. The number of anilines is 3. The molecule has 1 aromatic heterocycles. The van der Waals surface area contributed by atoms with Gasteiger partial charge in [0, 0.05) is 19.7 Å². The van der Waals surface area contributed by atoms with Gasteiger partial charge in [0.05, 0.1) is 18.8 Å². The minimum absolute atomic E-state index is 0.0793. The highest BCUT2D eigenvalue weighted by Crippen LogP contribution is 2.27. The van der Waals surface area contributed by atoms with Crippen LogP contribution in [0.3, 0.4) is 0 Å². The molecule has 2 heterocycles. The predicted octanol–water partition coefficient (Wildman–Crippen LogP) is 0.716. The molecule has 0 radical (unpaired) electrons. The third-order valence-electron chi connectivity index (χ3n) is 2.91. The molecule has 1 aliphatic rings. The van der Waals surface area contributed by atoms with E-state index < -0.39 is 0 Å². The van der Waals surface area contributed by atoms with Crippen LogP contribution in [-0.4, -0.2) is 42.3 Å². The summed E-state index contributed by atoms with van der Waals surface area (Å²) in [5, 5.41) is 2.99. The van der Waals surface area contributed by atoms with E-state index in [1.807, 2.05) is 13.1 Å². The van der Waals surface area contributed by atoms with Crippen molar-refractivity contribution in [2.24, 2.45) is 0 Å². The number of morpholine rings is 1. The SMILES string of the molecule is CNc1cc(N2CCOCC2(C)C)nc(N)n1. The Hall–Kier alpha value is -1.56. The largest absolute Gasteiger partial charge is 0.377 e. The van der Waals surface area contributed by atoms with Crippen LogP contribution in [0, 0.1) is 0 Å². The van der Waals surface area contributed by atoms with Gasteiger partial charge >= 0.3 is 0 Å². The van der Waals surface area contributed by atoms with Crippen LogP contribution >= 0.6 is 0 Å². The van der Waals surface area contributed by atoms with E-state index in [2.05, 4.69) is 34.0 Å². The van der Waals surface area contributed by atoms with Crippen molar-refractivity contribution >= 4 is 17.6 Å². The van der Waals surface area contributed by atoms with Gasteiger partial charge in [0.2, 0.25) is 5.95 Å². The molecule has 1 fully saturated rings. The number of nitrogen functional groups attached to an aromatic ring is 1. The molecular weight excluding hydrogens is 218 g/mol. The highest BCUT2D eigenvalue weighted by Gasteiger charge is 2.31. The zero-order chi connectivity index (χ0) is 12.5. The fourth-order valence-corrected chi connectivity index (χ4v) is 2.00. The summed E-state index contributed by atoms with van der Waals surface area (Å²) in [5.74, 6) is 1.86. The Kier molecular flexibility index (Phi) is 3.06. The highest BCUT2D eigenvalue weighted by atomic mass is 16.5. The highest BCUT2D eigenvalue weighted by molar-refractivity contribution is 5.54. The van der Waals surface area contributed by atoms with Gasteiger partial charge in [-0.3, -0.25) is 0 Å². The number of hydrogen-bond acceptors (Lipinski definition) is 6. The van der Waals surface area contributed by atoms with Crippen molar-refractivity contribution in [1.29, 1.82) is 0 Å². The van der Waals surface area contributed by atoms with Gasteiger partial charge in [-0.05, 0) is 13.8 Å². The zero-order valence-electron chi connectivity index (χ0n) is 10.5.